The van der Waals surface area contributed by atoms with Crippen molar-refractivity contribution in [1.82, 2.24) is 14.8 Å². The number of rotatable bonds is 9. The van der Waals surface area contributed by atoms with Gasteiger partial charge < -0.3 is 15.4 Å². The van der Waals surface area contributed by atoms with Gasteiger partial charge in [0.25, 0.3) is 0 Å². The highest BCUT2D eigenvalue weighted by atomic mass is 19.1. The molecular formula is C28H34F4N4O. The van der Waals surface area contributed by atoms with E-state index in [-0.39, 0.29) is 30.9 Å². The second-order valence-corrected chi connectivity index (χ2v) is 10.8. The van der Waals surface area contributed by atoms with Crippen LogP contribution in [0.3, 0.4) is 0 Å². The number of aromatic nitrogens is 1. The SMILES string of the molecule is C[C@@H]1Cc2c([nH]c3ccccc23)[C@@H](c2c(F)cc(NC3CN(CCCF)C3)cc2F)N1CC(C)(F)CO. The van der Waals surface area contributed by atoms with E-state index in [0.29, 0.717) is 43.9 Å². The predicted octanol–water partition coefficient (Wildman–Crippen LogP) is 4.96. The number of aromatic amines is 1. The van der Waals surface area contributed by atoms with Crippen LogP contribution < -0.4 is 5.32 Å². The monoisotopic (exact) mass is 518 g/mol. The van der Waals surface area contributed by atoms with Gasteiger partial charge in [-0.2, -0.15) is 0 Å². The van der Waals surface area contributed by atoms with Gasteiger partial charge >= 0.3 is 0 Å². The van der Waals surface area contributed by atoms with E-state index in [1.807, 2.05) is 31.2 Å². The number of likely N-dealkylation sites (tertiary alicyclic amines) is 1. The van der Waals surface area contributed by atoms with Crippen LogP contribution in [0.25, 0.3) is 10.9 Å². The maximum absolute atomic E-state index is 15.8. The van der Waals surface area contributed by atoms with Crippen LogP contribution in [0.15, 0.2) is 36.4 Å². The third-order valence-electron chi connectivity index (χ3n) is 7.65. The summed E-state index contributed by atoms with van der Waals surface area (Å²) < 4.78 is 59.0. The highest BCUT2D eigenvalue weighted by Gasteiger charge is 2.42. The summed E-state index contributed by atoms with van der Waals surface area (Å²) in [6.07, 6.45) is 1.06. The number of H-pyrrole nitrogens is 1. The average Bonchev–Trinajstić information content (AvgIpc) is 3.19. The number of fused-ring (bicyclic) bond motifs is 3. The first-order valence-corrected chi connectivity index (χ1v) is 12.9. The van der Waals surface area contributed by atoms with Gasteiger partial charge in [0, 0.05) is 60.1 Å². The first-order chi connectivity index (χ1) is 17.7. The van der Waals surface area contributed by atoms with Crippen LogP contribution in [0.2, 0.25) is 0 Å². The molecule has 2 aromatic carbocycles. The van der Waals surface area contributed by atoms with Gasteiger partial charge in [-0.15, -0.1) is 0 Å². The van der Waals surface area contributed by atoms with Gasteiger partial charge in [0.1, 0.15) is 17.3 Å². The summed E-state index contributed by atoms with van der Waals surface area (Å²) in [5.41, 5.74) is 0.733. The van der Waals surface area contributed by atoms with Gasteiger partial charge in [-0.05, 0) is 50.5 Å². The van der Waals surface area contributed by atoms with Crippen LogP contribution in [-0.2, 0) is 6.42 Å². The molecule has 5 rings (SSSR count). The highest BCUT2D eigenvalue weighted by molar-refractivity contribution is 5.85. The fourth-order valence-corrected chi connectivity index (χ4v) is 5.79. The average molecular weight is 519 g/mol. The highest BCUT2D eigenvalue weighted by Crippen LogP contribution is 2.43. The smallest absolute Gasteiger partial charge is 0.143 e. The second kappa shape index (κ2) is 10.3. The molecule has 0 saturated carbocycles. The van der Waals surface area contributed by atoms with Crippen molar-refractivity contribution in [1.29, 1.82) is 0 Å². The molecule has 0 amide bonds. The normalized spacial score (nSPS) is 22.6. The van der Waals surface area contributed by atoms with E-state index in [1.54, 1.807) is 4.90 Å². The number of anilines is 1. The fraction of sp³-hybridized carbons (Fsp3) is 0.500. The van der Waals surface area contributed by atoms with E-state index in [4.69, 9.17) is 0 Å². The second-order valence-electron chi connectivity index (χ2n) is 10.8. The number of aliphatic hydroxyl groups excluding tert-OH is 1. The minimum absolute atomic E-state index is 0.0348. The van der Waals surface area contributed by atoms with Gasteiger partial charge in [-0.1, -0.05) is 18.2 Å². The molecule has 1 unspecified atom stereocenters. The van der Waals surface area contributed by atoms with E-state index < -0.39 is 30.0 Å². The minimum atomic E-state index is -1.94. The molecule has 0 spiro atoms. The summed E-state index contributed by atoms with van der Waals surface area (Å²) in [7, 11) is 0. The zero-order chi connectivity index (χ0) is 26.3. The Labute approximate surface area is 214 Å². The van der Waals surface area contributed by atoms with Crippen LogP contribution in [0.5, 0.6) is 0 Å². The number of nitrogens with zero attached hydrogens (tertiary/aromatic N) is 2. The van der Waals surface area contributed by atoms with Crippen molar-refractivity contribution < 1.29 is 22.7 Å². The number of hydrogen-bond acceptors (Lipinski definition) is 4. The number of nitrogens with one attached hydrogen (secondary N) is 2. The van der Waals surface area contributed by atoms with Crippen molar-refractivity contribution in [3.63, 3.8) is 0 Å². The molecule has 3 N–H and O–H groups in total. The van der Waals surface area contributed by atoms with E-state index >= 15 is 13.2 Å². The topological polar surface area (TPSA) is 54.5 Å². The summed E-state index contributed by atoms with van der Waals surface area (Å²) in [4.78, 5) is 7.19. The molecule has 2 aliphatic rings. The lowest BCUT2D eigenvalue weighted by Gasteiger charge is -2.43. The Hall–Kier alpha value is -2.62. The molecule has 0 bridgehead atoms. The molecule has 1 aromatic heterocycles. The van der Waals surface area contributed by atoms with Crippen molar-refractivity contribution >= 4 is 16.6 Å². The Balaban J connectivity index is 1.50. The summed E-state index contributed by atoms with van der Waals surface area (Å²) in [6, 6.07) is 9.23. The number of aliphatic hydroxyl groups is 1. The Morgan fingerprint density at radius 1 is 1.16 bits per heavy atom. The number of para-hydroxylation sites is 1. The van der Waals surface area contributed by atoms with Crippen molar-refractivity contribution in [3.8, 4) is 0 Å². The molecule has 3 aromatic rings. The van der Waals surface area contributed by atoms with Crippen molar-refractivity contribution in [2.75, 3.05) is 44.8 Å². The molecule has 2 aliphatic heterocycles. The maximum atomic E-state index is 15.8. The quantitative estimate of drug-likeness (QED) is 0.351. The van der Waals surface area contributed by atoms with Crippen LogP contribution in [0, 0.1) is 11.6 Å². The van der Waals surface area contributed by atoms with Gasteiger partial charge in [0.2, 0.25) is 0 Å². The maximum Gasteiger partial charge on any atom is 0.143 e. The molecule has 3 heterocycles. The molecule has 1 saturated heterocycles. The summed E-state index contributed by atoms with van der Waals surface area (Å²) in [5.74, 6) is -1.43. The molecular weight excluding hydrogens is 484 g/mol. The Morgan fingerprint density at radius 2 is 1.86 bits per heavy atom. The lowest BCUT2D eigenvalue weighted by atomic mass is 9.87. The van der Waals surface area contributed by atoms with E-state index in [1.165, 1.54) is 19.1 Å². The molecule has 9 heteroatoms. The molecule has 37 heavy (non-hydrogen) atoms. The third-order valence-corrected chi connectivity index (χ3v) is 7.65. The molecule has 1 fully saturated rings. The molecule has 0 aliphatic carbocycles. The van der Waals surface area contributed by atoms with Crippen LogP contribution in [0.4, 0.5) is 23.2 Å². The van der Waals surface area contributed by atoms with Gasteiger partial charge in [0.15, 0.2) is 0 Å². The number of benzene rings is 2. The van der Waals surface area contributed by atoms with E-state index in [9.17, 15) is 9.50 Å². The summed E-state index contributed by atoms with van der Waals surface area (Å²) in [5, 5.41) is 13.8. The zero-order valence-corrected chi connectivity index (χ0v) is 21.2. The molecule has 3 atom stereocenters. The minimum Gasteiger partial charge on any atom is -0.393 e. The van der Waals surface area contributed by atoms with Crippen molar-refractivity contribution in [2.24, 2.45) is 0 Å². The lowest BCUT2D eigenvalue weighted by Crippen LogP contribution is -2.54. The van der Waals surface area contributed by atoms with Gasteiger partial charge in [-0.25, -0.2) is 13.2 Å². The Kier molecular flexibility index (Phi) is 7.22. The Bertz CT molecular complexity index is 1230. The third kappa shape index (κ3) is 5.09. The summed E-state index contributed by atoms with van der Waals surface area (Å²) in [6.45, 7) is 4.03. The fourth-order valence-electron chi connectivity index (χ4n) is 5.79. The lowest BCUT2D eigenvalue weighted by molar-refractivity contribution is 0.0162. The van der Waals surface area contributed by atoms with Crippen molar-refractivity contribution in [2.45, 2.75) is 50.5 Å². The number of hydrogen-bond donors (Lipinski definition) is 3. The van der Waals surface area contributed by atoms with Crippen LogP contribution in [-0.4, -0.2) is 77.1 Å². The first kappa shape index (κ1) is 26.0. The van der Waals surface area contributed by atoms with Gasteiger partial charge in [-0.3, -0.25) is 14.2 Å². The van der Waals surface area contributed by atoms with Crippen LogP contribution >= 0.6 is 0 Å². The first-order valence-electron chi connectivity index (χ1n) is 12.9. The Morgan fingerprint density at radius 3 is 2.54 bits per heavy atom. The van der Waals surface area contributed by atoms with Crippen molar-refractivity contribution in [3.05, 3.63) is 64.9 Å². The standard InChI is InChI=1S/C28H34F4N4O/c1-17-10-21-20-6-3-4-7-24(20)34-26(21)27(36(17)15-28(2,32)16-37)25-22(30)11-18(12-23(25)31)33-19-13-35(14-19)9-5-8-29/h3-4,6-7,11-12,17,19,27,33-34,37H,5,8-10,13-16H2,1-2H3/t17-,27-,28?/m1/s1. The zero-order valence-electron chi connectivity index (χ0n) is 21.2. The largest absolute Gasteiger partial charge is 0.393 e. The van der Waals surface area contributed by atoms with Gasteiger partial charge in [0.05, 0.1) is 25.4 Å². The van der Waals surface area contributed by atoms with Crippen LogP contribution in [0.1, 0.15) is 43.1 Å². The van der Waals surface area contributed by atoms with E-state index in [0.717, 1.165) is 16.5 Å². The number of halogens is 4. The van der Waals surface area contributed by atoms with E-state index in [2.05, 4.69) is 15.2 Å². The summed E-state index contributed by atoms with van der Waals surface area (Å²) >= 11 is 0. The molecule has 0 radical (unpaired) electrons. The molecule has 200 valence electrons. The number of alkyl halides is 2. The molecule has 5 nitrogen and oxygen atoms in total. The predicted molar refractivity (Wildman–Crippen MR) is 137 cm³/mol.